The molecule has 0 aromatic rings. The number of carbonyl (C=O) groups excluding carboxylic acids is 1. The average Bonchev–Trinajstić information content (AvgIpc) is 2.12. The maximum absolute atomic E-state index is 11.7. The summed E-state index contributed by atoms with van der Waals surface area (Å²) in [5.74, 6) is -0.332. The minimum Gasteiger partial charge on any atom is -0.460 e. The van der Waals surface area contributed by atoms with Crippen LogP contribution in [0.1, 0.15) is 26.7 Å². The van der Waals surface area contributed by atoms with Crippen molar-refractivity contribution in [2.45, 2.75) is 47.0 Å². The maximum Gasteiger partial charge on any atom is 0.345 e. The third-order valence-electron chi connectivity index (χ3n) is 3.10. The van der Waals surface area contributed by atoms with Gasteiger partial charge in [-0.3, -0.25) is 0 Å². The number of likely N-dealkylation sites (tertiary alicyclic amines) is 1. The average molecular weight is 422 g/mol. The molecule has 1 fully saturated rings. The third-order valence-corrected chi connectivity index (χ3v) is 4.07. The molecular formula is C10H16Br3NO2. The predicted octanol–water partition coefficient (Wildman–Crippen LogP) is 3.24. The lowest BCUT2D eigenvalue weighted by atomic mass is 9.95. The first kappa shape index (κ1) is 14.9. The number of hydrogen-bond acceptors (Lipinski definition) is 3. The molecule has 0 N–H and O–H groups in total. The number of rotatable bonds is 1. The first-order chi connectivity index (χ1) is 7.21. The first-order valence-electron chi connectivity index (χ1n) is 5.21. The molecule has 2 atom stereocenters. The van der Waals surface area contributed by atoms with Gasteiger partial charge in [-0.05, 0) is 81.5 Å². The van der Waals surface area contributed by atoms with Crippen molar-refractivity contribution in [3.05, 3.63) is 0 Å². The van der Waals surface area contributed by atoms with E-state index in [-0.39, 0.29) is 12.1 Å². The van der Waals surface area contributed by atoms with Gasteiger partial charge < -0.3 is 9.64 Å². The second-order valence-electron chi connectivity index (χ2n) is 4.36. The van der Waals surface area contributed by atoms with Crippen LogP contribution in [0, 0.1) is 0 Å². The molecule has 1 aliphatic rings. The summed E-state index contributed by atoms with van der Waals surface area (Å²) < 4.78 is 4.48. The van der Waals surface area contributed by atoms with Crippen LogP contribution >= 0.6 is 47.8 Å². The maximum atomic E-state index is 11.7. The second kappa shape index (κ2) is 5.67. The number of hydrogen-bond donors (Lipinski definition) is 0. The molecule has 6 heteroatoms. The summed E-state index contributed by atoms with van der Waals surface area (Å²) >= 11 is 9.48. The highest BCUT2D eigenvalue weighted by atomic mass is 80.0. The molecule has 1 saturated heterocycles. The Morgan fingerprint density at radius 1 is 1.25 bits per heavy atom. The van der Waals surface area contributed by atoms with Crippen molar-refractivity contribution in [2.24, 2.45) is 0 Å². The predicted molar refractivity (Wildman–Crippen MR) is 75.3 cm³/mol. The molecule has 0 spiro atoms. The Bertz CT molecular complexity index is 255. The lowest BCUT2D eigenvalue weighted by Gasteiger charge is -2.40. The SMILES string of the molecule is CC1CC(OC(=O)C(Br)(Br)Br)CC(C)N1C. The smallest absolute Gasteiger partial charge is 0.345 e. The molecule has 2 unspecified atom stereocenters. The molecule has 1 heterocycles. The normalized spacial score (nSPS) is 32.5. The van der Waals surface area contributed by atoms with Gasteiger partial charge in [0.25, 0.3) is 0 Å². The number of ether oxygens (including phenoxy) is 1. The third kappa shape index (κ3) is 3.96. The fourth-order valence-electron chi connectivity index (χ4n) is 1.94. The van der Waals surface area contributed by atoms with Gasteiger partial charge in [-0.2, -0.15) is 0 Å². The molecule has 0 aliphatic carbocycles. The molecule has 0 radical (unpaired) electrons. The van der Waals surface area contributed by atoms with Crippen molar-refractivity contribution < 1.29 is 9.53 Å². The summed E-state index contributed by atoms with van der Waals surface area (Å²) in [5, 5.41) is 0. The zero-order valence-electron chi connectivity index (χ0n) is 9.54. The van der Waals surface area contributed by atoms with Crippen molar-refractivity contribution in [3.63, 3.8) is 0 Å². The van der Waals surface area contributed by atoms with Crippen LogP contribution in [0.5, 0.6) is 0 Å². The molecule has 0 saturated carbocycles. The lowest BCUT2D eigenvalue weighted by Crippen LogP contribution is -2.47. The highest BCUT2D eigenvalue weighted by molar-refractivity contribution is 9.40. The van der Waals surface area contributed by atoms with E-state index < -0.39 is 2.14 Å². The molecule has 0 amide bonds. The Hall–Kier alpha value is 0.870. The Morgan fingerprint density at radius 3 is 2.06 bits per heavy atom. The summed E-state index contributed by atoms with van der Waals surface area (Å²) in [5.41, 5.74) is 0. The fourth-order valence-corrected chi connectivity index (χ4v) is 2.22. The molecule has 1 rings (SSSR count). The van der Waals surface area contributed by atoms with Crippen LogP contribution in [0.4, 0.5) is 0 Å². The molecule has 0 aromatic carbocycles. The Morgan fingerprint density at radius 2 is 1.69 bits per heavy atom. The van der Waals surface area contributed by atoms with E-state index in [4.69, 9.17) is 4.74 Å². The molecule has 3 nitrogen and oxygen atoms in total. The van der Waals surface area contributed by atoms with Crippen LogP contribution in [0.2, 0.25) is 0 Å². The van der Waals surface area contributed by atoms with Gasteiger partial charge in [-0.15, -0.1) is 0 Å². The van der Waals surface area contributed by atoms with E-state index in [1.807, 2.05) is 0 Å². The number of esters is 1. The van der Waals surface area contributed by atoms with Crippen LogP contribution in [0.25, 0.3) is 0 Å². The van der Waals surface area contributed by atoms with Gasteiger partial charge in [-0.25, -0.2) is 4.79 Å². The second-order valence-corrected chi connectivity index (χ2v) is 11.1. The number of carbonyl (C=O) groups is 1. The van der Waals surface area contributed by atoms with E-state index in [9.17, 15) is 4.79 Å². The van der Waals surface area contributed by atoms with Crippen molar-refractivity contribution in [1.82, 2.24) is 4.90 Å². The van der Waals surface area contributed by atoms with Gasteiger partial charge in [0.2, 0.25) is 2.14 Å². The van der Waals surface area contributed by atoms with Crippen molar-refractivity contribution in [1.29, 1.82) is 0 Å². The van der Waals surface area contributed by atoms with Crippen molar-refractivity contribution >= 4 is 53.8 Å². The fraction of sp³-hybridized carbons (Fsp3) is 0.900. The molecule has 16 heavy (non-hydrogen) atoms. The van der Waals surface area contributed by atoms with Gasteiger partial charge in [0, 0.05) is 12.1 Å². The van der Waals surface area contributed by atoms with Crippen LogP contribution in [0.3, 0.4) is 0 Å². The van der Waals surface area contributed by atoms with Crippen LogP contribution in [-0.4, -0.2) is 38.2 Å². The quantitative estimate of drug-likeness (QED) is 0.481. The molecule has 94 valence electrons. The minimum atomic E-state index is -0.956. The van der Waals surface area contributed by atoms with E-state index >= 15 is 0 Å². The highest BCUT2D eigenvalue weighted by Crippen LogP contribution is 2.36. The largest absolute Gasteiger partial charge is 0.460 e. The summed E-state index contributed by atoms with van der Waals surface area (Å²) in [4.78, 5) is 14.0. The Kier molecular flexibility index (Phi) is 5.29. The Labute approximate surface area is 122 Å². The summed E-state index contributed by atoms with van der Waals surface area (Å²) in [6.45, 7) is 4.31. The van der Waals surface area contributed by atoms with Crippen LogP contribution in [0.15, 0.2) is 0 Å². The van der Waals surface area contributed by atoms with E-state index in [1.165, 1.54) is 0 Å². The van der Waals surface area contributed by atoms with Gasteiger partial charge in [0.15, 0.2) is 0 Å². The van der Waals surface area contributed by atoms with E-state index in [0.29, 0.717) is 12.1 Å². The first-order valence-corrected chi connectivity index (χ1v) is 7.59. The van der Waals surface area contributed by atoms with Gasteiger partial charge in [-0.1, -0.05) is 0 Å². The van der Waals surface area contributed by atoms with E-state index in [2.05, 4.69) is 73.6 Å². The van der Waals surface area contributed by atoms with Gasteiger partial charge in [0.05, 0.1) is 0 Å². The molecule has 1 aliphatic heterocycles. The molecular weight excluding hydrogens is 406 g/mol. The standard InChI is InChI=1S/C10H16Br3NO2/c1-6-4-8(5-7(2)14(6)3)16-9(15)10(11,12)13/h6-8H,4-5H2,1-3H3. The summed E-state index contributed by atoms with van der Waals surface area (Å²) in [6, 6.07) is 0.883. The van der Waals surface area contributed by atoms with E-state index in [1.54, 1.807) is 0 Å². The summed E-state index contributed by atoms with van der Waals surface area (Å²) in [6.07, 6.45) is 1.77. The number of alkyl halides is 3. The highest BCUT2D eigenvalue weighted by Gasteiger charge is 2.36. The van der Waals surface area contributed by atoms with Crippen LogP contribution in [-0.2, 0) is 9.53 Å². The minimum absolute atomic E-state index is 0.000671. The van der Waals surface area contributed by atoms with Crippen molar-refractivity contribution in [3.8, 4) is 0 Å². The van der Waals surface area contributed by atoms with Crippen LogP contribution < -0.4 is 0 Å². The zero-order valence-corrected chi connectivity index (χ0v) is 14.3. The molecule has 0 bridgehead atoms. The lowest BCUT2D eigenvalue weighted by molar-refractivity contribution is -0.150. The number of halogens is 3. The van der Waals surface area contributed by atoms with Crippen molar-refractivity contribution in [2.75, 3.05) is 7.05 Å². The van der Waals surface area contributed by atoms with Gasteiger partial charge in [0.1, 0.15) is 6.10 Å². The number of nitrogens with zero attached hydrogens (tertiary/aromatic N) is 1. The Balaban J connectivity index is 2.54. The number of piperidine rings is 1. The monoisotopic (exact) mass is 419 g/mol. The summed E-state index contributed by atoms with van der Waals surface area (Å²) in [7, 11) is 2.11. The zero-order chi connectivity index (χ0) is 12.5. The van der Waals surface area contributed by atoms with Gasteiger partial charge >= 0.3 is 5.97 Å². The topological polar surface area (TPSA) is 29.5 Å². The van der Waals surface area contributed by atoms with E-state index in [0.717, 1.165) is 12.8 Å². The molecule has 0 aromatic heterocycles.